The van der Waals surface area contributed by atoms with E-state index in [0.717, 1.165) is 6.20 Å². The number of hydrogen-bond acceptors (Lipinski definition) is 3. The molecule has 2 aliphatic rings. The molecule has 3 nitrogen and oxygen atoms in total. The summed E-state index contributed by atoms with van der Waals surface area (Å²) < 4.78 is 65.7. The molecule has 0 atom stereocenters. The Bertz CT molecular complexity index is 936. The van der Waals surface area contributed by atoms with Crippen molar-refractivity contribution < 1.29 is 31.5 Å². The Morgan fingerprint density at radius 2 is 1.54 bits per heavy atom. The van der Waals surface area contributed by atoms with Crippen molar-refractivity contribution in [3.05, 3.63) is 63.5 Å². The maximum absolute atomic E-state index is 14.2. The van der Waals surface area contributed by atoms with E-state index in [1.54, 1.807) is 6.92 Å². The fourth-order valence-electron chi connectivity index (χ4n) is 3.43. The number of nitrogens with zero attached hydrogens (tertiary/aromatic N) is 1. The molecular weight excluding hydrogens is 381 g/mol. The van der Waals surface area contributed by atoms with Crippen molar-refractivity contribution in [2.24, 2.45) is 0 Å². The molecule has 0 N–H and O–H groups in total. The van der Waals surface area contributed by atoms with Crippen LogP contribution < -0.4 is 0 Å². The Morgan fingerprint density at radius 1 is 0.964 bits per heavy atom. The van der Waals surface area contributed by atoms with E-state index in [1.807, 2.05) is 0 Å². The number of carbonyl (C=O) groups excluding carboxylic acids is 2. The van der Waals surface area contributed by atoms with Gasteiger partial charge < -0.3 is 0 Å². The predicted octanol–water partition coefficient (Wildman–Crippen LogP) is 4.83. The van der Waals surface area contributed by atoms with Gasteiger partial charge in [0.1, 0.15) is 11.7 Å². The molecule has 0 bridgehead atoms. The second-order valence-corrected chi connectivity index (χ2v) is 6.66. The van der Waals surface area contributed by atoms with Crippen LogP contribution in [0, 0.1) is 0 Å². The number of aromatic nitrogens is 1. The molecule has 0 fully saturated rings. The van der Waals surface area contributed by atoms with Crippen molar-refractivity contribution in [1.82, 2.24) is 4.98 Å². The van der Waals surface area contributed by atoms with Gasteiger partial charge in [-0.05, 0) is 18.1 Å². The van der Waals surface area contributed by atoms with E-state index >= 15 is 0 Å². The zero-order valence-corrected chi connectivity index (χ0v) is 14.9. The number of rotatable bonds is 4. The highest BCUT2D eigenvalue weighted by molar-refractivity contribution is 6.30. The SMILES string of the molecule is CCC1=C(Cc2ccc(CC(F)(F)F)cn2)C(=O)C2=C(F)CCC(F)=C2C1=O. The van der Waals surface area contributed by atoms with Crippen LogP contribution in [0.1, 0.15) is 37.4 Å². The molecule has 0 saturated heterocycles. The lowest BCUT2D eigenvalue weighted by molar-refractivity contribution is -0.127. The number of allylic oxidation sites excluding steroid dienone is 6. The minimum atomic E-state index is -4.37. The summed E-state index contributed by atoms with van der Waals surface area (Å²) in [4.78, 5) is 29.4. The lowest BCUT2D eigenvalue weighted by Gasteiger charge is -2.25. The molecule has 148 valence electrons. The van der Waals surface area contributed by atoms with E-state index in [2.05, 4.69) is 4.98 Å². The maximum Gasteiger partial charge on any atom is 0.393 e. The van der Waals surface area contributed by atoms with Crippen molar-refractivity contribution in [2.75, 3.05) is 0 Å². The van der Waals surface area contributed by atoms with Gasteiger partial charge >= 0.3 is 6.18 Å². The smallest absolute Gasteiger partial charge is 0.289 e. The Labute approximate surface area is 157 Å². The topological polar surface area (TPSA) is 47.0 Å². The number of halogens is 5. The largest absolute Gasteiger partial charge is 0.393 e. The average molecular weight is 397 g/mol. The second-order valence-electron chi connectivity index (χ2n) is 6.66. The van der Waals surface area contributed by atoms with Crippen molar-refractivity contribution in [3.8, 4) is 0 Å². The summed E-state index contributed by atoms with van der Waals surface area (Å²) in [6.07, 6.45) is -5.02. The predicted molar refractivity (Wildman–Crippen MR) is 90.5 cm³/mol. The summed E-state index contributed by atoms with van der Waals surface area (Å²) in [5.41, 5.74) is -0.725. The zero-order chi connectivity index (χ0) is 20.6. The summed E-state index contributed by atoms with van der Waals surface area (Å²) >= 11 is 0. The Balaban J connectivity index is 1.97. The van der Waals surface area contributed by atoms with Gasteiger partial charge in [-0.15, -0.1) is 0 Å². The number of hydrogen-bond donors (Lipinski definition) is 0. The Morgan fingerprint density at radius 3 is 2.00 bits per heavy atom. The molecular formula is C20H16F5NO2. The second kappa shape index (κ2) is 7.41. The molecule has 1 aromatic heterocycles. The van der Waals surface area contributed by atoms with Gasteiger partial charge in [-0.1, -0.05) is 13.0 Å². The normalized spacial score (nSPS) is 18.2. The summed E-state index contributed by atoms with van der Waals surface area (Å²) in [5.74, 6) is -3.10. The summed E-state index contributed by atoms with van der Waals surface area (Å²) in [6, 6.07) is 2.57. The minimum Gasteiger partial charge on any atom is -0.289 e. The molecule has 0 amide bonds. The van der Waals surface area contributed by atoms with Gasteiger partial charge in [0.15, 0.2) is 11.6 Å². The first kappa shape index (κ1) is 20.1. The Hall–Kier alpha value is -2.64. The fourth-order valence-corrected chi connectivity index (χ4v) is 3.43. The lowest BCUT2D eigenvalue weighted by atomic mass is 9.76. The monoisotopic (exact) mass is 397 g/mol. The van der Waals surface area contributed by atoms with Crippen LogP contribution in [0.3, 0.4) is 0 Å². The number of alkyl halides is 3. The first-order valence-corrected chi connectivity index (χ1v) is 8.72. The molecule has 0 saturated carbocycles. The fraction of sp³-hybridized carbons (Fsp3) is 0.350. The van der Waals surface area contributed by atoms with Crippen molar-refractivity contribution in [1.29, 1.82) is 0 Å². The third-order valence-electron chi connectivity index (χ3n) is 4.73. The van der Waals surface area contributed by atoms with Gasteiger partial charge in [-0.25, -0.2) is 8.78 Å². The van der Waals surface area contributed by atoms with Crippen LogP contribution in [0.4, 0.5) is 22.0 Å². The molecule has 0 unspecified atom stereocenters. The molecule has 0 spiro atoms. The third kappa shape index (κ3) is 3.81. The highest BCUT2D eigenvalue weighted by atomic mass is 19.4. The van der Waals surface area contributed by atoms with Crippen LogP contribution in [0.5, 0.6) is 0 Å². The number of fused-ring (bicyclic) bond motifs is 1. The first-order valence-electron chi connectivity index (χ1n) is 8.72. The molecule has 28 heavy (non-hydrogen) atoms. The minimum absolute atomic E-state index is 0.00664. The number of Topliss-reactive ketones (excluding diaryl/α,β-unsaturated/α-hetero) is 2. The molecule has 0 aromatic carbocycles. The highest BCUT2D eigenvalue weighted by Gasteiger charge is 2.40. The van der Waals surface area contributed by atoms with Gasteiger partial charge in [0, 0.05) is 42.3 Å². The van der Waals surface area contributed by atoms with Crippen LogP contribution >= 0.6 is 0 Å². The number of ketones is 2. The van der Waals surface area contributed by atoms with Gasteiger partial charge in [-0.3, -0.25) is 14.6 Å². The van der Waals surface area contributed by atoms with Crippen LogP contribution in [-0.4, -0.2) is 22.7 Å². The number of carbonyl (C=O) groups is 2. The van der Waals surface area contributed by atoms with E-state index in [-0.39, 0.29) is 48.1 Å². The van der Waals surface area contributed by atoms with E-state index in [4.69, 9.17) is 0 Å². The van der Waals surface area contributed by atoms with Crippen LogP contribution in [0.15, 0.2) is 52.3 Å². The van der Waals surface area contributed by atoms with Gasteiger partial charge in [0.25, 0.3) is 0 Å². The van der Waals surface area contributed by atoms with Crippen molar-refractivity contribution >= 4 is 11.6 Å². The van der Waals surface area contributed by atoms with Gasteiger partial charge in [0.2, 0.25) is 0 Å². The molecule has 1 heterocycles. The molecule has 0 radical (unpaired) electrons. The van der Waals surface area contributed by atoms with E-state index in [0.29, 0.717) is 0 Å². The Kier molecular flexibility index (Phi) is 5.32. The zero-order valence-electron chi connectivity index (χ0n) is 14.9. The van der Waals surface area contributed by atoms with E-state index < -0.39 is 47.0 Å². The highest BCUT2D eigenvalue weighted by Crippen LogP contribution is 2.40. The van der Waals surface area contributed by atoms with Gasteiger partial charge in [-0.2, -0.15) is 13.2 Å². The summed E-state index contributed by atoms with van der Waals surface area (Å²) in [5, 5.41) is 0. The van der Waals surface area contributed by atoms with E-state index in [9.17, 15) is 31.5 Å². The summed E-state index contributed by atoms with van der Waals surface area (Å²) in [6.45, 7) is 1.62. The molecule has 8 heteroatoms. The van der Waals surface area contributed by atoms with Gasteiger partial charge in [0.05, 0.1) is 17.6 Å². The molecule has 2 aliphatic carbocycles. The summed E-state index contributed by atoms with van der Waals surface area (Å²) in [7, 11) is 0. The van der Waals surface area contributed by atoms with E-state index in [1.165, 1.54) is 12.1 Å². The molecule has 1 aromatic rings. The lowest BCUT2D eigenvalue weighted by Crippen LogP contribution is -2.29. The molecule has 0 aliphatic heterocycles. The standard InChI is InChI=1S/C20H16F5NO2/c1-2-12-13(7-11-4-3-10(9-26-11)8-20(23,24)25)19(28)17-15(22)6-5-14(21)16(17)18(12)27/h3-4,9H,2,5-8H2,1H3. The van der Waals surface area contributed by atoms with Crippen LogP contribution in [-0.2, 0) is 22.4 Å². The van der Waals surface area contributed by atoms with Crippen molar-refractivity contribution in [2.45, 2.75) is 45.2 Å². The molecule has 3 rings (SSSR count). The van der Waals surface area contributed by atoms with Crippen LogP contribution in [0.2, 0.25) is 0 Å². The first-order chi connectivity index (χ1) is 13.1. The maximum atomic E-state index is 14.2. The average Bonchev–Trinajstić information content (AvgIpc) is 2.62. The quantitative estimate of drug-likeness (QED) is 0.684. The van der Waals surface area contributed by atoms with Crippen LogP contribution in [0.25, 0.3) is 0 Å². The third-order valence-corrected chi connectivity index (χ3v) is 4.73. The number of pyridine rings is 1. The van der Waals surface area contributed by atoms with Crippen molar-refractivity contribution in [3.63, 3.8) is 0 Å².